The molecule has 1 saturated heterocycles. The van der Waals surface area contributed by atoms with Crippen molar-refractivity contribution in [1.82, 2.24) is 10.2 Å². The molecule has 0 aliphatic carbocycles. The highest BCUT2D eigenvalue weighted by Crippen LogP contribution is 2.06. The molecule has 0 aromatic carbocycles. The van der Waals surface area contributed by atoms with Gasteiger partial charge in [0.2, 0.25) is 0 Å². The molecule has 0 saturated carbocycles. The van der Waals surface area contributed by atoms with Crippen molar-refractivity contribution in [2.75, 3.05) is 26.8 Å². The van der Waals surface area contributed by atoms with Gasteiger partial charge in [-0.15, -0.1) is 0 Å². The minimum Gasteiger partial charge on any atom is -0.480 e. The number of nitriles is 1. The number of rotatable bonds is 5. The molecule has 1 rings (SSSR count). The predicted octanol–water partition coefficient (Wildman–Crippen LogP) is -0.673. The lowest BCUT2D eigenvalue weighted by molar-refractivity contribution is -0.142. The molecule has 1 aliphatic heterocycles. The van der Waals surface area contributed by atoms with E-state index in [4.69, 9.17) is 15.1 Å². The Morgan fingerprint density at radius 2 is 2.29 bits per heavy atom. The minimum absolute atomic E-state index is 0.0697. The fourth-order valence-electron chi connectivity index (χ4n) is 1.77. The Hall–Kier alpha value is -2.34. The molecule has 9 heteroatoms. The second kappa shape index (κ2) is 8.06. The van der Waals surface area contributed by atoms with Crippen LogP contribution in [0.1, 0.15) is 12.8 Å². The third kappa shape index (κ3) is 5.27. The largest absolute Gasteiger partial charge is 0.480 e. The van der Waals surface area contributed by atoms with Crippen molar-refractivity contribution in [2.45, 2.75) is 25.0 Å². The third-order valence-corrected chi connectivity index (χ3v) is 2.96. The summed E-state index contributed by atoms with van der Waals surface area (Å²) in [4.78, 5) is 35.4. The lowest BCUT2D eigenvalue weighted by atomic mass is 10.1. The summed E-state index contributed by atoms with van der Waals surface area (Å²) in [5.74, 6) is -1.79. The summed E-state index contributed by atoms with van der Waals surface area (Å²) >= 11 is 0. The van der Waals surface area contributed by atoms with Gasteiger partial charge in [0.05, 0.1) is 26.3 Å². The number of methoxy groups -OCH3 is 1. The number of amides is 2. The number of ether oxygens (including phenoxy) is 2. The Morgan fingerprint density at radius 1 is 1.57 bits per heavy atom. The molecule has 1 heterocycles. The van der Waals surface area contributed by atoms with Crippen LogP contribution in [-0.2, 0) is 19.1 Å². The number of aliphatic carboxylic acids is 1. The van der Waals surface area contributed by atoms with Crippen molar-refractivity contribution in [3.63, 3.8) is 0 Å². The molecule has 0 radical (unpaired) electrons. The number of nitrogens with one attached hydrogen (secondary N) is 1. The number of carboxylic acids is 1. The standard InChI is InChI=1S/C12H17N3O6/c1-20-10(16)3-2-9(11(17)18)14-12(19)15-4-5-21-8(6-13)7-15/h8-9H,2-5,7H2,1H3,(H,14,19)(H,17,18)/t8?,9-/m1/s1. The van der Waals surface area contributed by atoms with E-state index < -0.39 is 30.1 Å². The number of hydrogen-bond donors (Lipinski definition) is 2. The van der Waals surface area contributed by atoms with Gasteiger partial charge in [0, 0.05) is 13.0 Å². The van der Waals surface area contributed by atoms with Crippen LogP contribution in [0, 0.1) is 11.3 Å². The van der Waals surface area contributed by atoms with E-state index in [0.717, 1.165) is 0 Å². The summed E-state index contributed by atoms with van der Waals surface area (Å²) in [6, 6.07) is 0.0956. The first-order chi connectivity index (χ1) is 9.97. The molecule has 2 amide bonds. The van der Waals surface area contributed by atoms with E-state index in [1.165, 1.54) is 12.0 Å². The Kier molecular flexibility index (Phi) is 6.42. The van der Waals surface area contributed by atoms with Crippen LogP contribution in [0.2, 0.25) is 0 Å². The summed E-state index contributed by atoms with van der Waals surface area (Å²) in [5, 5.41) is 20.1. The zero-order chi connectivity index (χ0) is 15.8. The van der Waals surface area contributed by atoms with Crippen molar-refractivity contribution in [1.29, 1.82) is 5.26 Å². The molecule has 1 unspecified atom stereocenters. The highest BCUT2D eigenvalue weighted by Gasteiger charge is 2.28. The Balaban J connectivity index is 2.54. The molecule has 116 valence electrons. The molecule has 2 atom stereocenters. The Bertz CT molecular complexity index is 447. The molecule has 2 N–H and O–H groups in total. The Labute approximate surface area is 121 Å². The van der Waals surface area contributed by atoms with Gasteiger partial charge < -0.3 is 24.8 Å². The number of urea groups is 1. The van der Waals surface area contributed by atoms with E-state index in [9.17, 15) is 14.4 Å². The van der Waals surface area contributed by atoms with Crippen LogP contribution in [0.25, 0.3) is 0 Å². The van der Waals surface area contributed by atoms with E-state index in [2.05, 4.69) is 10.1 Å². The number of esters is 1. The van der Waals surface area contributed by atoms with E-state index in [0.29, 0.717) is 0 Å². The first-order valence-electron chi connectivity index (χ1n) is 6.34. The topological polar surface area (TPSA) is 129 Å². The average molecular weight is 299 g/mol. The minimum atomic E-state index is -1.24. The molecule has 0 spiro atoms. The molecule has 1 fully saturated rings. The van der Waals surface area contributed by atoms with Crippen LogP contribution >= 0.6 is 0 Å². The van der Waals surface area contributed by atoms with Gasteiger partial charge in [-0.3, -0.25) is 4.79 Å². The summed E-state index contributed by atoms with van der Waals surface area (Å²) in [6.07, 6.45) is -0.903. The lowest BCUT2D eigenvalue weighted by Gasteiger charge is -2.30. The molecular formula is C12H17N3O6. The molecule has 0 aromatic rings. The second-order valence-corrected chi connectivity index (χ2v) is 4.39. The first kappa shape index (κ1) is 16.7. The monoisotopic (exact) mass is 299 g/mol. The number of carbonyl (C=O) groups excluding carboxylic acids is 2. The number of hydrogen-bond acceptors (Lipinski definition) is 6. The third-order valence-electron chi connectivity index (χ3n) is 2.96. The normalized spacial score (nSPS) is 19.2. The van der Waals surface area contributed by atoms with Crippen molar-refractivity contribution < 1.29 is 29.0 Å². The van der Waals surface area contributed by atoms with E-state index in [1.54, 1.807) is 0 Å². The van der Waals surface area contributed by atoms with Gasteiger partial charge in [0.1, 0.15) is 6.04 Å². The SMILES string of the molecule is COC(=O)CC[C@@H](NC(=O)N1CCOC(C#N)C1)C(=O)O. The number of morpholine rings is 1. The number of carboxylic acid groups (broad SMARTS) is 1. The van der Waals surface area contributed by atoms with Crippen LogP contribution in [0.15, 0.2) is 0 Å². The summed E-state index contributed by atoms with van der Waals surface area (Å²) in [5.41, 5.74) is 0. The van der Waals surface area contributed by atoms with Gasteiger partial charge in [-0.2, -0.15) is 5.26 Å². The van der Waals surface area contributed by atoms with Crippen molar-refractivity contribution >= 4 is 18.0 Å². The van der Waals surface area contributed by atoms with E-state index >= 15 is 0 Å². The van der Waals surface area contributed by atoms with Gasteiger partial charge in [0.15, 0.2) is 6.10 Å². The second-order valence-electron chi connectivity index (χ2n) is 4.39. The highest BCUT2D eigenvalue weighted by atomic mass is 16.5. The van der Waals surface area contributed by atoms with Crippen molar-refractivity contribution in [3.8, 4) is 6.07 Å². The van der Waals surface area contributed by atoms with Crippen LogP contribution in [0.4, 0.5) is 4.79 Å². The maximum absolute atomic E-state index is 12.0. The zero-order valence-electron chi connectivity index (χ0n) is 11.6. The van der Waals surface area contributed by atoms with Crippen LogP contribution in [0.3, 0.4) is 0 Å². The van der Waals surface area contributed by atoms with E-state index in [-0.39, 0.29) is 32.5 Å². The van der Waals surface area contributed by atoms with Crippen LogP contribution in [0.5, 0.6) is 0 Å². The van der Waals surface area contributed by atoms with E-state index in [1.807, 2.05) is 6.07 Å². The Morgan fingerprint density at radius 3 is 2.86 bits per heavy atom. The fourth-order valence-corrected chi connectivity index (χ4v) is 1.77. The fraction of sp³-hybridized carbons (Fsp3) is 0.667. The van der Waals surface area contributed by atoms with Gasteiger partial charge in [0.25, 0.3) is 0 Å². The highest BCUT2D eigenvalue weighted by molar-refractivity contribution is 5.83. The first-order valence-corrected chi connectivity index (χ1v) is 6.34. The molecule has 0 bridgehead atoms. The lowest BCUT2D eigenvalue weighted by Crippen LogP contribution is -2.53. The molecular weight excluding hydrogens is 282 g/mol. The zero-order valence-corrected chi connectivity index (χ0v) is 11.6. The maximum atomic E-state index is 12.0. The molecule has 1 aliphatic rings. The molecule has 21 heavy (non-hydrogen) atoms. The van der Waals surface area contributed by atoms with Gasteiger partial charge in [-0.25, -0.2) is 9.59 Å². The summed E-state index contributed by atoms with van der Waals surface area (Å²) in [6.45, 7) is 0.560. The summed E-state index contributed by atoms with van der Waals surface area (Å²) < 4.78 is 9.52. The van der Waals surface area contributed by atoms with Crippen LogP contribution in [-0.4, -0.2) is 66.9 Å². The average Bonchev–Trinajstić information content (AvgIpc) is 2.50. The van der Waals surface area contributed by atoms with Gasteiger partial charge in [-0.1, -0.05) is 0 Å². The molecule has 9 nitrogen and oxygen atoms in total. The molecule has 0 aromatic heterocycles. The van der Waals surface area contributed by atoms with Gasteiger partial charge >= 0.3 is 18.0 Å². The number of nitrogens with zero attached hydrogens (tertiary/aromatic N) is 2. The quantitative estimate of drug-likeness (QED) is 0.644. The number of carbonyl (C=O) groups is 3. The predicted molar refractivity (Wildman–Crippen MR) is 68.1 cm³/mol. The maximum Gasteiger partial charge on any atom is 0.326 e. The van der Waals surface area contributed by atoms with Crippen molar-refractivity contribution in [3.05, 3.63) is 0 Å². The summed E-state index contributed by atoms with van der Waals surface area (Å²) in [7, 11) is 1.20. The van der Waals surface area contributed by atoms with Gasteiger partial charge in [-0.05, 0) is 6.42 Å². The van der Waals surface area contributed by atoms with Crippen LogP contribution < -0.4 is 5.32 Å². The van der Waals surface area contributed by atoms with Crippen molar-refractivity contribution in [2.24, 2.45) is 0 Å². The smallest absolute Gasteiger partial charge is 0.326 e.